The number of hydroxylamine groups is 2. The van der Waals surface area contributed by atoms with Gasteiger partial charge in [-0.15, -0.1) is 0 Å². The van der Waals surface area contributed by atoms with Gasteiger partial charge in [-0.1, -0.05) is 42.5 Å². The predicted molar refractivity (Wildman–Crippen MR) is 97.0 cm³/mol. The summed E-state index contributed by atoms with van der Waals surface area (Å²) >= 11 is 0. The Bertz CT molecular complexity index is 665. The van der Waals surface area contributed by atoms with Crippen molar-refractivity contribution in [1.82, 2.24) is 14.9 Å². The first-order valence-electron chi connectivity index (χ1n) is 8.41. The summed E-state index contributed by atoms with van der Waals surface area (Å²) in [4.78, 5) is 12.6. The molecular weight excluding hydrogens is 298 g/mol. The second-order valence-electron chi connectivity index (χ2n) is 6.35. The average Bonchev–Trinajstić information content (AvgIpc) is 2.61. The van der Waals surface area contributed by atoms with Crippen molar-refractivity contribution < 1.29 is 4.84 Å². The molecule has 3 rings (SSSR count). The third-order valence-electron chi connectivity index (χ3n) is 4.12. The predicted octanol–water partition coefficient (Wildman–Crippen LogP) is 3.36. The molecule has 1 aliphatic heterocycles. The normalized spacial score (nSPS) is 15.5. The van der Waals surface area contributed by atoms with E-state index in [1.807, 2.05) is 20.3 Å². The van der Waals surface area contributed by atoms with Crippen molar-refractivity contribution in [2.45, 2.75) is 19.6 Å². The Morgan fingerprint density at radius 3 is 2.62 bits per heavy atom. The van der Waals surface area contributed by atoms with Crippen molar-refractivity contribution in [1.29, 1.82) is 0 Å². The molecular formula is C20H25N3O. The molecule has 0 amide bonds. The van der Waals surface area contributed by atoms with Crippen LogP contribution in [0.1, 0.15) is 23.2 Å². The molecule has 1 aromatic carbocycles. The minimum Gasteiger partial charge on any atom is -0.295 e. The summed E-state index contributed by atoms with van der Waals surface area (Å²) < 4.78 is 0. The van der Waals surface area contributed by atoms with Crippen LogP contribution in [0.15, 0.2) is 54.7 Å². The fraction of sp³-hybridized carbons (Fsp3) is 0.350. The summed E-state index contributed by atoms with van der Waals surface area (Å²) in [5.74, 6) is 0. The Labute approximate surface area is 144 Å². The Morgan fingerprint density at radius 2 is 1.92 bits per heavy atom. The van der Waals surface area contributed by atoms with Gasteiger partial charge in [-0.2, -0.15) is 5.06 Å². The van der Waals surface area contributed by atoms with Gasteiger partial charge in [0.1, 0.15) is 0 Å². The van der Waals surface area contributed by atoms with E-state index in [0.29, 0.717) is 6.61 Å². The number of hydrogen-bond acceptors (Lipinski definition) is 4. The fourth-order valence-corrected chi connectivity index (χ4v) is 2.87. The Kier molecular flexibility index (Phi) is 5.75. The molecule has 0 saturated heterocycles. The summed E-state index contributed by atoms with van der Waals surface area (Å²) in [5.41, 5.74) is 4.84. The molecule has 1 aliphatic rings. The molecule has 4 nitrogen and oxygen atoms in total. The van der Waals surface area contributed by atoms with E-state index in [1.165, 1.54) is 11.1 Å². The molecule has 0 fully saturated rings. The number of nitrogens with zero attached hydrogens (tertiary/aromatic N) is 3. The summed E-state index contributed by atoms with van der Waals surface area (Å²) in [6.07, 6.45) is 5.31. The lowest BCUT2D eigenvalue weighted by Crippen LogP contribution is -2.29. The molecule has 1 aromatic heterocycles. The van der Waals surface area contributed by atoms with Gasteiger partial charge in [0.25, 0.3) is 0 Å². The van der Waals surface area contributed by atoms with Gasteiger partial charge in [0, 0.05) is 39.9 Å². The lowest BCUT2D eigenvalue weighted by Gasteiger charge is -2.27. The summed E-state index contributed by atoms with van der Waals surface area (Å²) in [7, 11) is 3.77. The molecule has 4 heteroatoms. The SMILES string of the molecule is CN(C)OCc1ccc(C2=CCCN(Cc3ccccc3)C2)nc1. The number of hydrogen-bond donors (Lipinski definition) is 0. The molecule has 0 saturated carbocycles. The topological polar surface area (TPSA) is 28.6 Å². The van der Waals surface area contributed by atoms with E-state index in [1.54, 1.807) is 5.06 Å². The lowest BCUT2D eigenvalue weighted by molar-refractivity contribution is -0.130. The maximum atomic E-state index is 5.47. The third kappa shape index (κ3) is 4.74. The number of aromatic nitrogens is 1. The van der Waals surface area contributed by atoms with Crippen molar-refractivity contribution in [3.8, 4) is 0 Å². The molecule has 126 valence electrons. The fourth-order valence-electron chi connectivity index (χ4n) is 2.87. The van der Waals surface area contributed by atoms with Crippen LogP contribution in [0.4, 0.5) is 0 Å². The zero-order valence-electron chi connectivity index (χ0n) is 14.5. The standard InChI is InChI=1S/C20H25N3O/c1-22(2)24-16-18-10-11-20(21-13-18)19-9-6-12-23(15-19)14-17-7-4-3-5-8-17/h3-5,7-11,13H,6,12,14-16H2,1-2H3. The van der Waals surface area contributed by atoms with Crippen LogP contribution >= 0.6 is 0 Å². The van der Waals surface area contributed by atoms with Gasteiger partial charge >= 0.3 is 0 Å². The van der Waals surface area contributed by atoms with Gasteiger partial charge in [0.15, 0.2) is 0 Å². The van der Waals surface area contributed by atoms with Gasteiger partial charge in [0.05, 0.1) is 12.3 Å². The summed E-state index contributed by atoms with van der Waals surface area (Å²) in [6, 6.07) is 14.9. The van der Waals surface area contributed by atoms with Gasteiger partial charge in [-0.25, -0.2) is 0 Å². The zero-order chi connectivity index (χ0) is 16.8. The summed E-state index contributed by atoms with van der Waals surface area (Å²) in [5, 5.41) is 1.71. The molecule has 24 heavy (non-hydrogen) atoms. The second-order valence-corrected chi connectivity index (χ2v) is 6.35. The van der Waals surface area contributed by atoms with Crippen molar-refractivity contribution in [2.24, 2.45) is 0 Å². The van der Waals surface area contributed by atoms with E-state index in [0.717, 1.165) is 37.3 Å². The van der Waals surface area contributed by atoms with E-state index in [4.69, 9.17) is 4.84 Å². The van der Waals surface area contributed by atoms with Crippen LogP contribution in [0.3, 0.4) is 0 Å². The average molecular weight is 323 g/mol. The third-order valence-corrected chi connectivity index (χ3v) is 4.12. The number of rotatable bonds is 6. The van der Waals surface area contributed by atoms with E-state index < -0.39 is 0 Å². The molecule has 0 atom stereocenters. The highest BCUT2D eigenvalue weighted by molar-refractivity contribution is 5.64. The van der Waals surface area contributed by atoms with Crippen LogP contribution in [0.5, 0.6) is 0 Å². The van der Waals surface area contributed by atoms with E-state index in [-0.39, 0.29) is 0 Å². The minimum absolute atomic E-state index is 0.555. The Morgan fingerprint density at radius 1 is 1.08 bits per heavy atom. The van der Waals surface area contributed by atoms with Crippen LogP contribution in [-0.4, -0.2) is 42.1 Å². The molecule has 0 bridgehead atoms. The number of pyridine rings is 1. The first-order valence-corrected chi connectivity index (χ1v) is 8.41. The highest BCUT2D eigenvalue weighted by Gasteiger charge is 2.15. The molecule has 0 N–H and O–H groups in total. The molecule has 0 unspecified atom stereocenters. The largest absolute Gasteiger partial charge is 0.295 e. The van der Waals surface area contributed by atoms with Crippen LogP contribution < -0.4 is 0 Å². The maximum absolute atomic E-state index is 5.47. The Hall–Kier alpha value is -2.01. The van der Waals surface area contributed by atoms with E-state index >= 15 is 0 Å². The molecule has 2 heterocycles. The maximum Gasteiger partial charge on any atom is 0.0950 e. The molecule has 0 radical (unpaired) electrons. The lowest BCUT2D eigenvalue weighted by atomic mass is 10.0. The highest BCUT2D eigenvalue weighted by Crippen LogP contribution is 2.21. The van der Waals surface area contributed by atoms with Crippen molar-refractivity contribution in [3.05, 3.63) is 71.6 Å². The highest BCUT2D eigenvalue weighted by atomic mass is 16.7. The second kappa shape index (κ2) is 8.20. The van der Waals surface area contributed by atoms with Crippen LogP contribution in [0.25, 0.3) is 5.57 Å². The molecule has 0 aliphatic carbocycles. The zero-order valence-corrected chi connectivity index (χ0v) is 14.5. The Balaban J connectivity index is 1.61. The van der Waals surface area contributed by atoms with Crippen LogP contribution in [-0.2, 0) is 18.0 Å². The van der Waals surface area contributed by atoms with E-state index in [9.17, 15) is 0 Å². The van der Waals surface area contributed by atoms with Crippen LogP contribution in [0, 0.1) is 0 Å². The van der Waals surface area contributed by atoms with Gasteiger partial charge < -0.3 is 0 Å². The monoisotopic (exact) mass is 323 g/mol. The van der Waals surface area contributed by atoms with Gasteiger partial charge in [-0.05, 0) is 29.2 Å². The van der Waals surface area contributed by atoms with Gasteiger partial charge in [0.2, 0.25) is 0 Å². The quantitative estimate of drug-likeness (QED) is 0.762. The minimum atomic E-state index is 0.555. The first kappa shape index (κ1) is 16.8. The smallest absolute Gasteiger partial charge is 0.0950 e. The first-order chi connectivity index (χ1) is 11.7. The van der Waals surface area contributed by atoms with E-state index in [2.05, 4.69) is 58.4 Å². The van der Waals surface area contributed by atoms with Gasteiger partial charge in [-0.3, -0.25) is 14.7 Å². The molecule has 2 aromatic rings. The van der Waals surface area contributed by atoms with Crippen LogP contribution in [0.2, 0.25) is 0 Å². The summed E-state index contributed by atoms with van der Waals surface area (Å²) in [6.45, 7) is 3.61. The van der Waals surface area contributed by atoms with Crippen molar-refractivity contribution in [2.75, 3.05) is 27.2 Å². The molecule has 0 spiro atoms. The van der Waals surface area contributed by atoms with Crippen molar-refractivity contribution in [3.63, 3.8) is 0 Å². The van der Waals surface area contributed by atoms with Crippen molar-refractivity contribution >= 4 is 5.57 Å². The number of benzene rings is 1.